The van der Waals surface area contributed by atoms with Crippen molar-refractivity contribution < 1.29 is 9.59 Å². The Morgan fingerprint density at radius 2 is 1.70 bits per heavy atom. The summed E-state index contributed by atoms with van der Waals surface area (Å²) in [5.41, 5.74) is 0.200. The number of nitrogens with zero attached hydrogens (tertiary/aromatic N) is 2. The molecule has 1 aromatic heterocycles. The monoisotopic (exact) mass is 389 g/mol. The molecule has 1 heterocycles. The number of aryl methyl sites for hydroxylation is 1. The van der Waals surface area contributed by atoms with Gasteiger partial charge in [0.05, 0.1) is 16.1 Å². The topological polar surface area (TPSA) is 71.4 Å². The van der Waals surface area contributed by atoms with E-state index in [1.807, 2.05) is 27.7 Å². The molecule has 0 atom stereocenters. The van der Waals surface area contributed by atoms with Gasteiger partial charge in [0.15, 0.2) is 0 Å². The summed E-state index contributed by atoms with van der Waals surface area (Å²) in [7, 11) is 1.54. The quantitative estimate of drug-likeness (QED) is 0.849. The molecule has 0 fully saturated rings. The second-order valence-electron chi connectivity index (χ2n) is 6.89. The second kappa shape index (κ2) is 8.39. The highest BCUT2D eigenvalue weighted by molar-refractivity contribution is 6.34. The molecule has 0 aliphatic heterocycles. The van der Waals surface area contributed by atoms with E-state index in [-0.39, 0.29) is 34.3 Å². The summed E-state index contributed by atoms with van der Waals surface area (Å²) in [6.45, 7) is 7.72. The molecule has 0 bridgehead atoms. The van der Waals surface area contributed by atoms with E-state index in [0.717, 1.165) is 0 Å². The van der Waals surface area contributed by atoms with Crippen LogP contribution in [0, 0.1) is 0 Å². The van der Waals surface area contributed by atoms with Crippen LogP contribution in [0.25, 0.3) is 0 Å². The normalized spacial score (nSPS) is 11.0. The molecule has 0 spiro atoms. The van der Waals surface area contributed by atoms with E-state index in [1.54, 1.807) is 36.2 Å². The number of hydrogen-bond acceptors (Lipinski definition) is 3. The van der Waals surface area contributed by atoms with Gasteiger partial charge in [0.1, 0.15) is 5.69 Å². The summed E-state index contributed by atoms with van der Waals surface area (Å²) >= 11 is 6.04. The average molecular weight is 390 g/mol. The Morgan fingerprint density at radius 3 is 2.26 bits per heavy atom. The molecule has 0 aliphatic rings. The largest absolute Gasteiger partial charge is 0.334 e. The Labute approximate surface area is 163 Å². The first kappa shape index (κ1) is 20.7. The molecule has 27 heavy (non-hydrogen) atoms. The van der Waals surface area contributed by atoms with E-state index in [9.17, 15) is 14.4 Å². The number of aromatic nitrogens is 1. The van der Waals surface area contributed by atoms with Gasteiger partial charge in [-0.15, -0.1) is 0 Å². The molecule has 0 aliphatic carbocycles. The lowest BCUT2D eigenvalue weighted by molar-refractivity contribution is 0.0642. The predicted molar refractivity (Wildman–Crippen MR) is 108 cm³/mol. The van der Waals surface area contributed by atoms with E-state index < -0.39 is 11.5 Å². The summed E-state index contributed by atoms with van der Waals surface area (Å²) in [6, 6.07) is 7.96. The Bertz CT molecular complexity index is 911. The highest BCUT2D eigenvalue weighted by atomic mass is 35.5. The Balaban J connectivity index is 2.42. The number of benzene rings is 1. The molecular weight excluding hydrogens is 366 g/mol. The maximum atomic E-state index is 12.9. The van der Waals surface area contributed by atoms with E-state index >= 15 is 0 Å². The molecule has 7 heteroatoms. The summed E-state index contributed by atoms with van der Waals surface area (Å²) in [6.07, 6.45) is 1.48. The molecule has 0 saturated carbocycles. The minimum atomic E-state index is -0.508. The molecule has 1 N–H and O–H groups in total. The van der Waals surface area contributed by atoms with Crippen LogP contribution in [0.3, 0.4) is 0 Å². The van der Waals surface area contributed by atoms with Crippen molar-refractivity contribution in [1.29, 1.82) is 0 Å². The van der Waals surface area contributed by atoms with Gasteiger partial charge in [0, 0.05) is 25.3 Å². The molecule has 0 saturated heterocycles. The van der Waals surface area contributed by atoms with Crippen LogP contribution in [0.4, 0.5) is 5.69 Å². The highest BCUT2D eigenvalue weighted by Crippen LogP contribution is 2.18. The maximum absolute atomic E-state index is 12.9. The molecule has 0 radical (unpaired) electrons. The van der Waals surface area contributed by atoms with Gasteiger partial charge in [-0.1, -0.05) is 23.7 Å². The van der Waals surface area contributed by atoms with Crippen LogP contribution in [0.1, 0.15) is 48.4 Å². The third-order valence-electron chi connectivity index (χ3n) is 4.14. The van der Waals surface area contributed by atoms with Crippen LogP contribution in [0.15, 0.2) is 41.3 Å². The van der Waals surface area contributed by atoms with Crippen LogP contribution in [0.5, 0.6) is 0 Å². The van der Waals surface area contributed by atoms with Crippen LogP contribution in [0.2, 0.25) is 5.02 Å². The van der Waals surface area contributed by atoms with Crippen LogP contribution < -0.4 is 10.9 Å². The van der Waals surface area contributed by atoms with Gasteiger partial charge in [0.2, 0.25) is 0 Å². The van der Waals surface area contributed by atoms with Gasteiger partial charge in [-0.2, -0.15) is 0 Å². The third kappa shape index (κ3) is 4.57. The van der Waals surface area contributed by atoms with E-state index in [2.05, 4.69) is 5.32 Å². The number of carbonyl (C=O) groups is 2. The second-order valence-corrected chi connectivity index (χ2v) is 7.30. The third-order valence-corrected chi connectivity index (χ3v) is 4.47. The van der Waals surface area contributed by atoms with Crippen molar-refractivity contribution in [3.63, 3.8) is 0 Å². The summed E-state index contributed by atoms with van der Waals surface area (Å²) in [5, 5.41) is 2.86. The Hall–Kier alpha value is -2.60. The lowest BCUT2D eigenvalue weighted by Gasteiger charge is -2.31. The first-order chi connectivity index (χ1) is 12.6. The number of pyridine rings is 1. The SMILES string of the molecule is CC(C)N(C(=O)c1cc(NC(=O)c2ccccc2Cl)c(=O)n(C)c1)C(C)C. The van der Waals surface area contributed by atoms with E-state index in [1.165, 1.54) is 16.8 Å². The van der Waals surface area contributed by atoms with Gasteiger partial charge in [-0.3, -0.25) is 14.4 Å². The fraction of sp³-hybridized carbons (Fsp3) is 0.350. The molecule has 1 aromatic carbocycles. The molecule has 2 amide bonds. The minimum absolute atomic E-state index is 0.00380. The van der Waals surface area contributed by atoms with Crippen molar-refractivity contribution in [1.82, 2.24) is 9.47 Å². The fourth-order valence-electron chi connectivity index (χ4n) is 2.97. The molecule has 144 valence electrons. The lowest BCUT2D eigenvalue weighted by atomic mass is 10.1. The van der Waals surface area contributed by atoms with Crippen molar-refractivity contribution in [3.05, 3.63) is 63.0 Å². The molecular formula is C20H24ClN3O3. The van der Waals surface area contributed by atoms with Crippen molar-refractivity contribution in [3.8, 4) is 0 Å². The summed E-state index contributed by atoms with van der Waals surface area (Å²) in [4.78, 5) is 39.6. The van der Waals surface area contributed by atoms with Crippen LogP contribution in [-0.2, 0) is 7.05 Å². The van der Waals surface area contributed by atoms with Gasteiger partial charge < -0.3 is 14.8 Å². The van der Waals surface area contributed by atoms with E-state index in [0.29, 0.717) is 5.56 Å². The maximum Gasteiger partial charge on any atom is 0.274 e. The number of halogens is 1. The van der Waals surface area contributed by atoms with Crippen LogP contribution in [-0.4, -0.2) is 33.4 Å². The number of carbonyl (C=O) groups excluding carboxylic acids is 2. The molecule has 2 rings (SSSR count). The van der Waals surface area contributed by atoms with Crippen molar-refractivity contribution >= 4 is 29.1 Å². The first-order valence-electron chi connectivity index (χ1n) is 8.72. The number of anilines is 1. The van der Waals surface area contributed by atoms with Gasteiger partial charge in [0.25, 0.3) is 17.4 Å². The highest BCUT2D eigenvalue weighted by Gasteiger charge is 2.23. The zero-order valence-electron chi connectivity index (χ0n) is 16.1. The smallest absolute Gasteiger partial charge is 0.274 e. The first-order valence-corrected chi connectivity index (χ1v) is 9.10. The Kier molecular flexibility index (Phi) is 6.44. The van der Waals surface area contributed by atoms with Crippen molar-refractivity contribution in [2.24, 2.45) is 7.05 Å². The zero-order chi connectivity index (χ0) is 20.3. The van der Waals surface area contributed by atoms with Gasteiger partial charge >= 0.3 is 0 Å². The minimum Gasteiger partial charge on any atom is -0.334 e. The molecule has 2 aromatic rings. The van der Waals surface area contributed by atoms with E-state index in [4.69, 9.17) is 11.6 Å². The average Bonchev–Trinajstić information content (AvgIpc) is 2.58. The number of rotatable bonds is 5. The van der Waals surface area contributed by atoms with Crippen molar-refractivity contribution in [2.75, 3.05) is 5.32 Å². The Morgan fingerprint density at radius 1 is 1.11 bits per heavy atom. The summed E-state index contributed by atoms with van der Waals surface area (Å²) in [5.74, 6) is -0.712. The predicted octanol–water partition coefficient (Wildman–Crippen LogP) is 3.55. The lowest BCUT2D eigenvalue weighted by Crippen LogP contribution is -2.42. The summed E-state index contributed by atoms with van der Waals surface area (Å²) < 4.78 is 1.29. The standard InChI is InChI=1S/C20H24ClN3O3/c1-12(2)24(13(3)4)19(26)14-10-17(20(27)23(5)11-14)22-18(25)15-8-6-7-9-16(15)21/h6-13H,1-5H3,(H,22,25). The van der Waals surface area contributed by atoms with Gasteiger partial charge in [-0.05, 0) is 45.9 Å². The zero-order valence-corrected chi connectivity index (χ0v) is 16.9. The number of amides is 2. The molecule has 6 nitrogen and oxygen atoms in total. The molecule has 0 unspecified atom stereocenters. The van der Waals surface area contributed by atoms with Crippen molar-refractivity contribution in [2.45, 2.75) is 39.8 Å². The van der Waals surface area contributed by atoms with Gasteiger partial charge in [-0.25, -0.2) is 0 Å². The number of hydrogen-bond donors (Lipinski definition) is 1. The fourth-order valence-corrected chi connectivity index (χ4v) is 3.19. The van der Waals surface area contributed by atoms with Crippen LogP contribution >= 0.6 is 11.6 Å². The number of nitrogens with one attached hydrogen (secondary N) is 1.